The van der Waals surface area contributed by atoms with Crippen LogP contribution in [0.2, 0.25) is 4.82 Å². The van der Waals surface area contributed by atoms with Gasteiger partial charge in [-0.25, -0.2) is 0 Å². The minimum atomic E-state index is -2.59. The third-order valence-electron chi connectivity index (χ3n) is 2.10. The molecule has 0 aliphatic heterocycles. The molecule has 0 spiro atoms. The average molecular weight is 319 g/mol. The van der Waals surface area contributed by atoms with Gasteiger partial charge in [-0.15, -0.1) is 0 Å². The summed E-state index contributed by atoms with van der Waals surface area (Å²) in [6.07, 6.45) is 0.936. The van der Waals surface area contributed by atoms with E-state index in [1.165, 1.54) is 0 Å². The predicted molar refractivity (Wildman–Crippen MR) is 68.3 cm³/mol. The normalized spacial score (nSPS) is 15.1. The minimum absolute atomic E-state index is 0.235. The third kappa shape index (κ3) is 2.81. The molecule has 0 saturated heterocycles. The van der Waals surface area contributed by atoms with Crippen molar-refractivity contribution in [3.05, 3.63) is 30.3 Å². The molecule has 14 heavy (non-hydrogen) atoms. The Morgan fingerprint density at radius 1 is 1.21 bits per heavy atom. The Balaban J connectivity index is 2.94. The van der Waals surface area contributed by atoms with Crippen LogP contribution in [0.1, 0.15) is 13.3 Å². The van der Waals surface area contributed by atoms with Gasteiger partial charge in [0.25, 0.3) is 0 Å². The summed E-state index contributed by atoms with van der Waals surface area (Å²) in [5.41, 5.74) is 0. The Kier molecular flexibility index (Phi) is 5.10. The number of hydrogen-bond donors (Lipinski definition) is 0. The molecule has 0 saturated carbocycles. The first kappa shape index (κ1) is 12.7. The van der Waals surface area contributed by atoms with Crippen LogP contribution in [0.25, 0.3) is 0 Å². The Morgan fingerprint density at radius 3 is 2.21 bits per heavy atom. The van der Waals surface area contributed by atoms with E-state index in [1.807, 2.05) is 30.3 Å². The quantitative estimate of drug-likeness (QED) is 0.584. The van der Waals surface area contributed by atoms with Crippen LogP contribution in [-0.2, 0) is 0 Å². The van der Waals surface area contributed by atoms with E-state index in [0.29, 0.717) is 5.88 Å². The maximum absolute atomic E-state index is 6.47. The van der Waals surface area contributed by atoms with Crippen molar-refractivity contribution < 1.29 is 0 Å². The van der Waals surface area contributed by atoms with E-state index in [0.717, 1.165) is 10.9 Å². The van der Waals surface area contributed by atoms with Gasteiger partial charge in [-0.05, 0) is 0 Å². The zero-order valence-electron chi connectivity index (χ0n) is 7.92. The van der Waals surface area contributed by atoms with Crippen molar-refractivity contribution >= 4 is 47.3 Å². The van der Waals surface area contributed by atoms with E-state index in [9.17, 15) is 0 Å². The Labute approximate surface area is 101 Å². The van der Waals surface area contributed by atoms with Crippen LogP contribution < -0.4 is 4.46 Å². The summed E-state index contributed by atoms with van der Waals surface area (Å²) in [4.78, 5) is 0.235. The van der Waals surface area contributed by atoms with Crippen molar-refractivity contribution in [2.75, 3.05) is 5.88 Å². The van der Waals surface area contributed by atoms with Crippen LogP contribution >= 0.6 is 31.8 Å². The molecular weight excluding hydrogens is 305 g/mol. The van der Waals surface area contributed by atoms with E-state index in [2.05, 4.69) is 6.92 Å². The molecule has 1 aromatic rings. The fraction of sp³-hybridized carbons (Fsp3) is 0.400. The van der Waals surface area contributed by atoms with Gasteiger partial charge >= 0.3 is 102 Å². The van der Waals surface area contributed by atoms with E-state index in [4.69, 9.17) is 31.8 Å². The summed E-state index contributed by atoms with van der Waals surface area (Å²) in [6.45, 7) is 2.08. The van der Waals surface area contributed by atoms with Gasteiger partial charge in [0.1, 0.15) is 0 Å². The van der Waals surface area contributed by atoms with Crippen LogP contribution in [0.5, 0.6) is 0 Å². The van der Waals surface area contributed by atoms with Gasteiger partial charge in [0, 0.05) is 0 Å². The third-order valence-corrected chi connectivity index (χ3v) is 12.1. The summed E-state index contributed by atoms with van der Waals surface area (Å²) < 4.78 is 1.07. The van der Waals surface area contributed by atoms with E-state index >= 15 is 0 Å². The summed E-state index contributed by atoms with van der Waals surface area (Å²) in [5, 5.41) is 0. The standard InChI is InChI=1S/C10H13Cl3Se/c1-2-9(8-11)14(12,13)10-6-4-3-5-7-10/h3-7,9H,2,8H2,1H3. The number of benzene rings is 1. The molecule has 0 nitrogen and oxygen atoms in total. The molecule has 1 rings (SSSR count). The van der Waals surface area contributed by atoms with Crippen LogP contribution in [0.4, 0.5) is 0 Å². The topological polar surface area (TPSA) is 0 Å². The molecule has 1 atom stereocenters. The van der Waals surface area contributed by atoms with Gasteiger partial charge in [0.15, 0.2) is 0 Å². The molecule has 1 aromatic carbocycles. The molecule has 0 amide bonds. The maximum atomic E-state index is 6.47. The Bertz CT molecular complexity index is 270. The second-order valence-corrected chi connectivity index (χ2v) is 13.7. The van der Waals surface area contributed by atoms with Gasteiger partial charge in [-0.2, -0.15) is 0 Å². The molecule has 0 aliphatic rings. The number of rotatable bonds is 4. The first-order valence-electron chi connectivity index (χ1n) is 4.45. The second-order valence-electron chi connectivity index (χ2n) is 3.01. The molecule has 0 aromatic heterocycles. The van der Waals surface area contributed by atoms with Crippen LogP contribution in [0.15, 0.2) is 30.3 Å². The first-order valence-corrected chi connectivity index (χ1v) is 11.3. The SMILES string of the molecule is CCC(CCl)[Se](Cl)(Cl)c1ccccc1. The molecule has 0 heterocycles. The van der Waals surface area contributed by atoms with Crippen molar-refractivity contribution in [2.24, 2.45) is 0 Å². The van der Waals surface area contributed by atoms with Crippen molar-refractivity contribution in [1.29, 1.82) is 0 Å². The molecule has 0 fully saturated rings. The monoisotopic (exact) mass is 318 g/mol. The van der Waals surface area contributed by atoms with Gasteiger partial charge < -0.3 is 0 Å². The molecule has 0 aliphatic carbocycles. The number of hydrogen-bond acceptors (Lipinski definition) is 0. The van der Waals surface area contributed by atoms with Gasteiger partial charge in [-0.1, -0.05) is 0 Å². The molecule has 80 valence electrons. The van der Waals surface area contributed by atoms with E-state index in [-0.39, 0.29) is 4.82 Å². The summed E-state index contributed by atoms with van der Waals surface area (Å²) >= 11 is 3.29. The van der Waals surface area contributed by atoms with Crippen LogP contribution in [0, 0.1) is 0 Å². The molecule has 0 bridgehead atoms. The zero-order chi connectivity index (χ0) is 10.6. The van der Waals surface area contributed by atoms with Crippen LogP contribution in [-0.4, -0.2) is 16.9 Å². The average Bonchev–Trinajstić information content (AvgIpc) is 2.20. The molecule has 0 N–H and O–H groups in total. The molecule has 4 heteroatoms. The van der Waals surface area contributed by atoms with Gasteiger partial charge in [-0.3, -0.25) is 0 Å². The van der Waals surface area contributed by atoms with Crippen molar-refractivity contribution in [1.82, 2.24) is 0 Å². The first-order chi connectivity index (χ1) is 6.62. The van der Waals surface area contributed by atoms with Crippen molar-refractivity contribution in [2.45, 2.75) is 18.2 Å². The van der Waals surface area contributed by atoms with E-state index in [1.54, 1.807) is 0 Å². The Hall–Kier alpha value is 0.609. The summed E-state index contributed by atoms with van der Waals surface area (Å²) in [6, 6.07) is 9.89. The molecule has 0 radical (unpaired) electrons. The second kappa shape index (κ2) is 5.63. The molecule has 1 unspecified atom stereocenters. The fourth-order valence-electron chi connectivity index (χ4n) is 1.19. The number of alkyl halides is 1. The zero-order valence-corrected chi connectivity index (χ0v) is 11.9. The summed E-state index contributed by atoms with van der Waals surface area (Å²) in [7, 11) is 12.9. The van der Waals surface area contributed by atoms with Crippen LogP contribution in [0.3, 0.4) is 0 Å². The van der Waals surface area contributed by atoms with Crippen molar-refractivity contribution in [3.63, 3.8) is 0 Å². The number of halogens is 3. The van der Waals surface area contributed by atoms with Gasteiger partial charge in [0.2, 0.25) is 0 Å². The summed E-state index contributed by atoms with van der Waals surface area (Å²) in [5.74, 6) is 0.540. The molecular formula is C10H13Cl3Se. The Morgan fingerprint density at radius 2 is 1.79 bits per heavy atom. The fourth-order valence-corrected chi connectivity index (χ4v) is 9.20. The van der Waals surface area contributed by atoms with Gasteiger partial charge in [0.05, 0.1) is 0 Å². The predicted octanol–water partition coefficient (Wildman–Crippen LogP) is 3.83. The van der Waals surface area contributed by atoms with E-state index < -0.39 is 11.0 Å². The van der Waals surface area contributed by atoms with Crippen molar-refractivity contribution in [3.8, 4) is 0 Å².